The van der Waals surface area contributed by atoms with Gasteiger partial charge in [0.2, 0.25) is 5.69 Å². The molecular weight excluding hydrogens is 653 g/mol. The van der Waals surface area contributed by atoms with E-state index < -0.39 is 10.1 Å². The third kappa shape index (κ3) is 6.03. The van der Waals surface area contributed by atoms with Crippen molar-refractivity contribution in [3.63, 3.8) is 0 Å². The summed E-state index contributed by atoms with van der Waals surface area (Å²) in [6.45, 7) is 17.6. The summed E-state index contributed by atoms with van der Waals surface area (Å²) in [5.41, 5.74) is 8.13. The molecule has 0 saturated carbocycles. The van der Waals surface area contributed by atoms with E-state index in [2.05, 4.69) is 111 Å². The molecule has 8 heteroatoms. The largest absolute Gasteiger partial charge is 0.344 e. The fourth-order valence-corrected chi connectivity index (χ4v) is 10.5. The van der Waals surface area contributed by atoms with E-state index in [-0.39, 0.29) is 15.0 Å². The van der Waals surface area contributed by atoms with E-state index in [1.807, 2.05) is 18.3 Å². The van der Waals surface area contributed by atoms with Gasteiger partial charge in [-0.3, -0.25) is 4.55 Å². The number of anilines is 1. The van der Waals surface area contributed by atoms with Crippen molar-refractivity contribution >= 4 is 70.1 Å². The Morgan fingerprint density at radius 2 is 1.67 bits per heavy atom. The van der Waals surface area contributed by atoms with Gasteiger partial charge in [-0.2, -0.15) is 13.0 Å². The van der Waals surface area contributed by atoms with E-state index in [1.54, 1.807) is 6.07 Å². The summed E-state index contributed by atoms with van der Waals surface area (Å²) < 4.78 is 38.9. The smallest absolute Gasteiger partial charge is 0.304 e. The van der Waals surface area contributed by atoms with E-state index in [1.165, 1.54) is 58.4 Å². The highest BCUT2D eigenvalue weighted by Crippen LogP contribution is 2.53. The van der Waals surface area contributed by atoms with Gasteiger partial charge in [0, 0.05) is 67.6 Å². The minimum atomic E-state index is -4.28. The van der Waals surface area contributed by atoms with Gasteiger partial charge in [-0.1, -0.05) is 65.2 Å². The van der Waals surface area contributed by atoms with Gasteiger partial charge in [0.05, 0.1) is 5.41 Å². The van der Waals surface area contributed by atoms with E-state index in [0.29, 0.717) is 0 Å². The first-order chi connectivity index (χ1) is 22.8. The number of hydrogen-bond acceptors (Lipinski definition) is 5. The van der Waals surface area contributed by atoms with Crippen molar-refractivity contribution in [3.8, 4) is 0 Å². The van der Waals surface area contributed by atoms with Crippen molar-refractivity contribution in [2.75, 3.05) is 18.0 Å². The Morgan fingerprint density at radius 3 is 2.40 bits per heavy atom. The topological polar surface area (TPSA) is 60.6 Å². The number of aryl methyl sites for hydroxylation is 1. The standard InChI is InChI=1S/C40H48N2O3S3/c1-8-10-12-16-23-41-30-19-20-32-28(21-24-46-32)36(30)39(4,5)33(41)17-14-13-15-18-34-40(6,7)37-29-26-35(48(43,44)45)47-38(29)27(3)25-31(37)42(34)22-11-9-2/h13-15,17-21,24-26H,8-12,16,22-23H2,1-7H3/p+1. The highest BCUT2D eigenvalue weighted by Gasteiger charge is 2.45. The maximum Gasteiger partial charge on any atom is 0.304 e. The van der Waals surface area contributed by atoms with Gasteiger partial charge < -0.3 is 4.90 Å². The van der Waals surface area contributed by atoms with Crippen LogP contribution in [0.25, 0.3) is 20.2 Å². The molecule has 48 heavy (non-hydrogen) atoms. The van der Waals surface area contributed by atoms with Crippen LogP contribution in [0.4, 0.5) is 11.4 Å². The molecule has 0 aliphatic carbocycles. The highest BCUT2D eigenvalue weighted by atomic mass is 32.3. The van der Waals surface area contributed by atoms with Crippen LogP contribution in [0.15, 0.2) is 76.0 Å². The normalized spacial score (nSPS) is 18.1. The Kier molecular flexibility index (Phi) is 9.68. The molecule has 0 atom stereocenters. The fourth-order valence-electron chi connectivity index (χ4n) is 7.88. The zero-order valence-electron chi connectivity index (χ0n) is 29.4. The average molecular weight is 702 g/mol. The molecule has 0 saturated heterocycles. The van der Waals surface area contributed by atoms with Crippen LogP contribution in [-0.2, 0) is 20.9 Å². The van der Waals surface area contributed by atoms with Gasteiger partial charge in [-0.25, -0.2) is 0 Å². The molecule has 2 aromatic carbocycles. The molecule has 6 rings (SSSR count). The monoisotopic (exact) mass is 701 g/mol. The van der Waals surface area contributed by atoms with Crippen LogP contribution in [0.5, 0.6) is 0 Å². The molecule has 2 aliphatic heterocycles. The zero-order chi connectivity index (χ0) is 34.4. The zero-order valence-corrected chi connectivity index (χ0v) is 31.8. The molecule has 0 unspecified atom stereocenters. The van der Waals surface area contributed by atoms with Crippen molar-refractivity contribution in [1.29, 1.82) is 0 Å². The molecule has 0 amide bonds. The van der Waals surface area contributed by atoms with Crippen molar-refractivity contribution in [2.45, 2.75) is 102 Å². The number of hydrogen-bond donors (Lipinski definition) is 1. The van der Waals surface area contributed by atoms with Crippen LogP contribution < -0.4 is 4.90 Å². The van der Waals surface area contributed by atoms with E-state index in [0.717, 1.165) is 64.2 Å². The minimum absolute atomic E-state index is 0.000923. The Balaban J connectivity index is 1.36. The molecule has 2 aromatic heterocycles. The number of unbranched alkanes of at least 4 members (excludes halogenated alkanes) is 4. The summed E-state index contributed by atoms with van der Waals surface area (Å²) in [4.78, 5) is 2.42. The van der Waals surface area contributed by atoms with Crippen LogP contribution in [0.2, 0.25) is 0 Å². The summed E-state index contributed by atoms with van der Waals surface area (Å²) in [6.07, 6.45) is 18.1. The summed E-state index contributed by atoms with van der Waals surface area (Å²) in [5.74, 6) is 0. The molecule has 0 fully saturated rings. The molecule has 0 radical (unpaired) electrons. The molecule has 5 nitrogen and oxygen atoms in total. The number of nitrogens with zero attached hydrogens (tertiary/aromatic N) is 2. The van der Waals surface area contributed by atoms with Gasteiger partial charge in [-0.05, 0) is 80.5 Å². The third-order valence-electron chi connectivity index (χ3n) is 10.2. The first-order valence-corrected chi connectivity index (χ1v) is 20.5. The maximum atomic E-state index is 12.1. The molecule has 4 heterocycles. The van der Waals surface area contributed by atoms with Crippen LogP contribution in [0, 0.1) is 6.92 Å². The molecule has 254 valence electrons. The van der Waals surface area contributed by atoms with Crippen LogP contribution in [0.1, 0.15) is 96.8 Å². The molecule has 1 N–H and O–H groups in total. The summed E-state index contributed by atoms with van der Waals surface area (Å²) in [5, 5.41) is 4.50. The van der Waals surface area contributed by atoms with E-state index in [4.69, 9.17) is 0 Å². The number of rotatable bonds is 12. The number of benzene rings is 2. The first-order valence-electron chi connectivity index (χ1n) is 17.4. The van der Waals surface area contributed by atoms with Gasteiger partial charge in [0.15, 0.2) is 5.71 Å². The molecule has 2 aliphatic rings. The quantitative estimate of drug-likeness (QED) is 0.0691. The summed E-state index contributed by atoms with van der Waals surface area (Å²) in [6, 6.07) is 10.8. The predicted molar refractivity (Wildman–Crippen MR) is 207 cm³/mol. The van der Waals surface area contributed by atoms with Crippen LogP contribution in [0.3, 0.4) is 0 Å². The van der Waals surface area contributed by atoms with Crippen molar-refractivity contribution in [2.24, 2.45) is 0 Å². The highest BCUT2D eigenvalue weighted by molar-refractivity contribution is 7.88. The lowest BCUT2D eigenvalue weighted by atomic mass is 9.80. The second-order valence-electron chi connectivity index (χ2n) is 14.3. The van der Waals surface area contributed by atoms with Crippen molar-refractivity contribution in [1.82, 2.24) is 0 Å². The SMILES string of the molecule is CCCCCC[N+]1=C(/C=C/C=C/C=C2/N(CCCC)c3cc(C)c4sc(S(=O)(=O)O)cc4c3C2(C)C)C(C)(C)c2c1ccc1sccc21. The molecule has 0 spiro atoms. The average Bonchev–Trinajstić information content (AvgIpc) is 3.77. The summed E-state index contributed by atoms with van der Waals surface area (Å²) in [7, 11) is -4.28. The van der Waals surface area contributed by atoms with E-state index >= 15 is 0 Å². The van der Waals surface area contributed by atoms with E-state index in [9.17, 15) is 13.0 Å². The molecular formula is C40H49N2O3S3+. The molecule has 0 bridgehead atoms. The van der Waals surface area contributed by atoms with Gasteiger partial charge >= 0.3 is 10.1 Å². The summed E-state index contributed by atoms with van der Waals surface area (Å²) >= 11 is 2.97. The van der Waals surface area contributed by atoms with Crippen LogP contribution in [-0.4, -0.2) is 36.3 Å². The van der Waals surface area contributed by atoms with Gasteiger partial charge in [-0.15, -0.1) is 22.7 Å². The van der Waals surface area contributed by atoms with Crippen molar-refractivity contribution in [3.05, 3.63) is 88.5 Å². The van der Waals surface area contributed by atoms with Crippen molar-refractivity contribution < 1.29 is 17.5 Å². The van der Waals surface area contributed by atoms with Gasteiger partial charge in [0.25, 0.3) is 0 Å². The third-order valence-corrected chi connectivity index (χ3v) is 13.7. The maximum absolute atomic E-state index is 12.1. The Hall–Kier alpha value is -3.04. The Morgan fingerprint density at radius 1 is 0.896 bits per heavy atom. The van der Waals surface area contributed by atoms with Gasteiger partial charge in [0.1, 0.15) is 10.8 Å². The lowest BCUT2D eigenvalue weighted by Gasteiger charge is -2.27. The second kappa shape index (κ2) is 13.3. The molecule has 4 aromatic rings. The number of allylic oxidation sites excluding steroid dienone is 6. The first kappa shape index (κ1) is 34.8. The fraction of sp³-hybridized carbons (Fsp3) is 0.425. The second-order valence-corrected chi connectivity index (χ2v) is 18.0. The Labute approximate surface area is 294 Å². The lowest BCUT2D eigenvalue weighted by molar-refractivity contribution is -0.438. The predicted octanol–water partition coefficient (Wildman–Crippen LogP) is 11.2. The van der Waals surface area contributed by atoms with Crippen LogP contribution >= 0.6 is 22.7 Å². The lowest BCUT2D eigenvalue weighted by Crippen LogP contribution is -2.28. The number of thiophene rings is 2. The minimum Gasteiger partial charge on any atom is -0.344 e. The number of fused-ring (bicyclic) bond motifs is 6. The Bertz CT molecular complexity index is 2110.